The summed E-state index contributed by atoms with van der Waals surface area (Å²) in [6.45, 7) is 0. The third kappa shape index (κ3) is 2.86. The summed E-state index contributed by atoms with van der Waals surface area (Å²) in [7, 11) is 0. The van der Waals surface area contributed by atoms with E-state index in [4.69, 9.17) is 0 Å². The Hall–Kier alpha value is -4.82. The van der Waals surface area contributed by atoms with Gasteiger partial charge in [0.15, 0.2) is 0 Å². The predicted octanol–water partition coefficient (Wildman–Crippen LogP) is 9.26. The summed E-state index contributed by atoms with van der Waals surface area (Å²) in [5.41, 5.74) is 8.99. The molecule has 2 aromatic heterocycles. The van der Waals surface area contributed by atoms with Gasteiger partial charge in [0.2, 0.25) is 0 Å². The van der Waals surface area contributed by atoms with E-state index in [1.807, 2.05) is 0 Å². The summed E-state index contributed by atoms with van der Waals surface area (Å²) >= 11 is 0. The maximum atomic E-state index is 2.59. The minimum Gasteiger partial charge on any atom is -0.330 e. The van der Waals surface area contributed by atoms with Crippen molar-refractivity contribution in [2.75, 3.05) is 0 Å². The molecule has 2 aliphatic rings. The van der Waals surface area contributed by atoms with E-state index in [-0.39, 0.29) is 5.54 Å². The molecule has 2 aliphatic carbocycles. The smallest absolute Gasteiger partial charge is 0.0707 e. The van der Waals surface area contributed by atoms with Crippen LogP contribution in [0.4, 0.5) is 0 Å². The van der Waals surface area contributed by atoms with Gasteiger partial charge in [0.05, 0.1) is 16.6 Å². The summed E-state index contributed by atoms with van der Waals surface area (Å²) < 4.78 is 4.98. The van der Waals surface area contributed by atoms with Crippen LogP contribution in [0.25, 0.3) is 54.9 Å². The molecule has 2 unspecified atom stereocenters. The first-order valence-electron chi connectivity index (χ1n) is 13.8. The van der Waals surface area contributed by atoms with Gasteiger partial charge in [-0.15, -0.1) is 0 Å². The van der Waals surface area contributed by atoms with Crippen molar-refractivity contribution in [2.24, 2.45) is 5.92 Å². The highest BCUT2D eigenvalue weighted by Crippen LogP contribution is 2.58. The number of fused-ring (bicyclic) bond motifs is 7. The van der Waals surface area contributed by atoms with Gasteiger partial charge in [-0.05, 0) is 54.0 Å². The topological polar surface area (TPSA) is 9.86 Å². The third-order valence-electron chi connectivity index (χ3n) is 9.00. The fourth-order valence-corrected chi connectivity index (χ4v) is 7.09. The van der Waals surface area contributed by atoms with E-state index in [9.17, 15) is 0 Å². The highest BCUT2D eigenvalue weighted by atomic mass is 15.1. The molecule has 2 nitrogen and oxygen atoms in total. The van der Waals surface area contributed by atoms with Crippen LogP contribution in [0.1, 0.15) is 12.0 Å². The van der Waals surface area contributed by atoms with E-state index in [2.05, 4.69) is 149 Å². The Balaban J connectivity index is 1.10. The molecule has 1 fully saturated rings. The minimum atomic E-state index is 0.0368. The molecule has 2 atom stereocenters. The zero-order valence-electron chi connectivity index (χ0n) is 21.5. The quantitative estimate of drug-likeness (QED) is 0.230. The number of para-hydroxylation sites is 4. The van der Waals surface area contributed by atoms with E-state index in [0.717, 1.165) is 6.42 Å². The first kappa shape index (κ1) is 21.2. The van der Waals surface area contributed by atoms with Crippen molar-refractivity contribution < 1.29 is 0 Å². The number of hydrogen-bond donors (Lipinski definition) is 0. The lowest BCUT2D eigenvalue weighted by Crippen LogP contribution is -2.18. The molecule has 0 amide bonds. The van der Waals surface area contributed by atoms with Crippen LogP contribution in [0.5, 0.6) is 0 Å². The molecule has 5 aromatic carbocycles. The molecular formula is C37H26N2. The maximum Gasteiger partial charge on any atom is 0.0707 e. The van der Waals surface area contributed by atoms with Crippen molar-refractivity contribution in [3.8, 4) is 5.69 Å². The van der Waals surface area contributed by atoms with Gasteiger partial charge in [-0.2, -0.15) is 0 Å². The average molecular weight is 499 g/mol. The minimum absolute atomic E-state index is 0.0368. The normalized spacial score (nSPS) is 20.1. The summed E-state index contributed by atoms with van der Waals surface area (Å²) in [6, 6.07) is 44.2. The van der Waals surface area contributed by atoms with Crippen LogP contribution < -0.4 is 0 Å². The van der Waals surface area contributed by atoms with Crippen LogP contribution in [-0.2, 0) is 5.54 Å². The van der Waals surface area contributed by atoms with Crippen LogP contribution in [0.2, 0.25) is 0 Å². The molecule has 0 radical (unpaired) electrons. The Morgan fingerprint density at radius 1 is 0.538 bits per heavy atom. The van der Waals surface area contributed by atoms with Crippen molar-refractivity contribution in [2.45, 2.75) is 12.0 Å². The van der Waals surface area contributed by atoms with Gasteiger partial charge in [0, 0.05) is 44.2 Å². The third-order valence-corrected chi connectivity index (χ3v) is 9.00. The fourth-order valence-electron chi connectivity index (χ4n) is 7.09. The molecule has 0 saturated heterocycles. The molecule has 2 heteroatoms. The number of aromatic nitrogens is 2. The van der Waals surface area contributed by atoms with Crippen LogP contribution in [0.3, 0.4) is 0 Å². The SMILES string of the molecule is C1=CC2(n3c4ccccc4c4ccccc43)CC2C=C1c1ccc(-n2c3ccccc3c3ccccc32)cc1. The summed E-state index contributed by atoms with van der Waals surface area (Å²) in [4.78, 5) is 0. The fraction of sp³-hybridized carbons (Fsp3) is 0.0811. The molecule has 1 saturated carbocycles. The Labute approximate surface area is 226 Å². The molecule has 0 aliphatic heterocycles. The van der Waals surface area contributed by atoms with Gasteiger partial charge in [0.1, 0.15) is 0 Å². The van der Waals surface area contributed by atoms with Gasteiger partial charge >= 0.3 is 0 Å². The molecule has 0 bridgehead atoms. The monoisotopic (exact) mass is 498 g/mol. The van der Waals surface area contributed by atoms with Gasteiger partial charge < -0.3 is 9.13 Å². The predicted molar refractivity (Wildman–Crippen MR) is 163 cm³/mol. The second kappa shape index (κ2) is 7.61. The molecule has 0 spiro atoms. The molecule has 39 heavy (non-hydrogen) atoms. The Kier molecular flexibility index (Phi) is 4.13. The largest absolute Gasteiger partial charge is 0.330 e. The number of nitrogens with zero attached hydrogens (tertiary/aromatic N) is 2. The van der Waals surface area contributed by atoms with E-state index >= 15 is 0 Å². The zero-order chi connectivity index (χ0) is 25.6. The zero-order valence-corrected chi connectivity index (χ0v) is 21.5. The highest BCUT2D eigenvalue weighted by molar-refractivity contribution is 6.10. The van der Waals surface area contributed by atoms with Crippen LogP contribution >= 0.6 is 0 Å². The van der Waals surface area contributed by atoms with Crippen LogP contribution in [-0.4, -0.2) is 9.13 Å². The summed E-state index contributed by atoms with van der Waals surface area (Å²) in [5, 5.41) is 5.28. The van der Waals surface area contributed by atoms with Crippen LogP contribution in [0.15, 0.2) is 140 Å². The number of allylic oxidation sites excluding steroid dienone is 4. The summed E-state index contributed by atoms with van der Waals surface area (Å²) in [6.07, 6.45) is 8.46. The molecule has 7 aromatic rings. The van der Waals surface area contributed by atoms with Gasteiger partial charge in [-0.1, -0.05) is 103 Å². The average Bonchev–Trinajstić information content (AvgIpc) is 3.49. The van der Waals surface area contributed by atoms with Crippen molar-refractivity contribution in [3.63, 3.8) is 0 Å². The number of benzene rings is 5. The standard InChI is InChI=1S/C37H26N2/c1-5-13-33-29(9-1)30-10-2-6-14-34(30)38(33)28-19-17-25(18-20-28)26-21-22-37(24-27(37)23-26)39-35-15-7-3-11-31(35)32-12-4-8-16-36(32)39/h1-23,27H,24H2. The lowest BCUT2D eigenvalue weighted by Gasteiger charge is -2.22. The second-order valence-corrected chi connectivity index (χ2v) is 11.0. The number of hydrogen-bond acceptors (Lipinski definition) is 0. The Morgan fingerprint density at radius 3 is 1.56 bits per heavy atom. The van der Waals surface area contributed by atoms with Crippen LogP contribution in [0, 0.1) is 5.92 Å². The summed E-state index contributed by atoms with van der Waals surface area (Å²) in [5.74, 6) is 0.508. The first-order chi connectivity index (χ1) is 19.3. The van der Waals surface area contributed by atoms with E-state index < -0.39 is 0 Å². The molecule has 184 valence electrons. The molecule has 0 N–H and O–H groups in total. The van der Waals surface area contributed by atoms with Gasteiger partial charge in [-0.3, -0.25) is 0 Å². The van der Waals surface area contributed by atoms with E-state index in [1.54, 1.807) is 0 Å². The van der Waals surface area contributed by atoms with Gasteiger partial charge in [0.25, 0.3) is 0 Å². The van der Waals surface area contributed by atoms with Crippen molar-refractivity contribution in [1.82, 2.24) is 9.13 Å². The van der Waals surface area contributed by atoms with Crippen molar-refractivity contribution in [3.05, 3.63) is 145 Å². The second-order valence-electron chi connectivity index (χ2n) is 11.0. The Bertz CT molecular complexity index is 2050. The molecule has 9 rings (SSSR count). The number of rotatable bonds is 3. The highest BCUT2D eigenvalue weighted by Gasteiger charge is 2.55. The molecular weight excluding hydrogens is 472 g/mol. The van der Waals surface area contributed by atoms with E-state index in [0.29, 0.717) is 5.92 Å². The van der Waals surface area contributed by atoms with E-state index in [1.165, 1.54) is 60.4 Å². The van der Waals surface area contributed by atoms with Crippen molar-refractivity contribution >= 4 is 49.2 Å². The lowest BCUT2D eigenvalue weighted by molar-refractivity contribution is 0.602. The molecule has 2 heterocycles. The first-order valence-corrected chi connectivity index (χ1v) is 13.8. The lowest BCUT2D eigenvalue weighted by atomic mass is 9.96. The van der Waals surface area contributed by atoms with Gasteiger partial charge in [-0.25, -0.2) is 0 Å². The maximum absolute atomic E-state index is 2.59. The Morgan fingerprint density at radius 2 is 1.03 bits per heavy atom. The van der Waals surface area contributed by atoms with Crippen molar-refractivity contribution in [1.29, 1.82) is 0 Å².